The van der Waals surface area contributed by atoms with Crippen molar-refractivity contribution in [2.75, 3.05) is 18.9 Å². The minimum atomic E-state index is -5.72. The third-order valence-electron chi connectivity index (χ3n) is 2.68. The van der Waals surface area contributed by atoms with E-state index in [1.165, 1.54) is 16.8 Å². The molecule has 0 radical (unpaired) electrons. The Morgan fingerprint density at radius 2 is 2.00 bits per heavy atom. The van der Waals surface area contributed by atoms with E-state index >= 15 is 0 Å². The Hall–Kier alpha value is -0.600. The van der Waals surface area contributed by atoms with E-state index < -0.39 is 46.6 Å². The van der Waals surface area contributed by atoms with Crippen molar-refractivity contribution < 1.29 is 51.2 Å². The van der Waals surface area contributed by atoms with Crippen molar-refractivity contribution in [1.82, 2.24) is 9.55 Å². The molecule has 5 N–H and O–H groups in total. The van der Waals surface area contributed by atoms with Crippen LogP contribution in [0, 0.1) is 0 Å². The molecular weight excluding hydrogens is 455 g/mol. The molecule has 3 unspecified atom stereocenters. The van der Waals surface area contributed by atoms with Crippen molar-refractivity contribution in [1.29, 1.82) is 0 Å². The lowest BCUT2D eigenvalue weighted by atomic mass is 10.5. The van der Waals surface area contributed by atoms with Crippen LogP contribution < -0.4 is 16.3 Å². The van der Waals surface area contributed by atoms with Crippen LogP contribution in [-0.2, 0) is 31.6 Å². The van der Waals surface area contributed by atoms with E-state index in [4.69, 9.17) is 20.3 Å². The van der Waals surface area contributed by atoms with Gasteiger partial charge in [0.15, 0.2) is 0 Å². The lowest BCUT2D eigenvalue weighted by Crippen LogP contribution is -2.26. The van der Waals surface area contributed by atoms with E-state index in [0.29, 0.717) is 0 Å². The molecule has 1 aromatic heterocycles. The zero-order valence-electron chi connectivity index (χ0n) is 13.0. The topological polar surface area (TPSA) is 233 Å². The van der Waals surface area contributed by atoms with E-state index in [0.717, 1.165) is 11.8 Å². The van der Waals surface area contributed by atoms with Crippen molar-refractivity contribution >= 4 is 41.0 Å². The zero-order chi connectivity index (χ0) is 20.5. The summed E-state index contributed by atoms with van der Waals surface area (Å²) in [6, 6.07) is 1.39. The Bertz CT molecular complexity index is 887. The van der Waals surface area contributed by atoms with Crippen LogP contribution in [-0.4, -0.2) is 42.9 Å². The molecule has 5 atom stereocenters. The number of nitrogen functional groups attached to an aromatic ring is 1. The number of nitrogens with two attached hydrogens (primary N) is 1. The minimum absolute atomic E-state index is 0.00622. The van der Waals surface area contributed by atoms with Gasteiger partial charge in [-0.3, -0.25) is 13.7 Å². The maximum absolute atomic E-state index is 11.7. The van der Waals surface area contributed by atoms with Crippen molar-refractivity contribution in [3.63, 3.8) is 0 Å². The second-order valence-corrected chi connectivity index (χ2v) is 10.5. The summed E-state index contributed by atoms with van der Waals surface area (Å²) in [7, 11) is -16.6. The third-order valence-corrected chi connectivity index (χ3v) is 7.71. The van der Waals surface area contributed by atoms with Crippen molar-refractivity contribution in [3.05, 3.63) is 22.7 Å². The molecule has 1 aromatic rings. The van der Waals surface area contributed by atoms with Gasteiger partial charge in [-0.1, -0.05) is 0 Å². The highest BCUT2D eigenvalue weighted by Gasteiger charge is 2.39. The Morgan fingerprint density at radius 3 is 2.59 bits per heavy atom. The summed E-state index contributed by atoms with van der Waals surface area (Å²) in [5.41, 5.74) is 3.85. The second kappa shape index (κ2) is 8.41. The molecule has 0 aromatic carbocycles. The normalized spacial score (nSPS) is 26.8. The van der Waals surface area contributed by atoms with Gasteiger partial charge < -0.3 is 30.0 Å². The molecule has 2 rings (SSSR count). The number of hydrogen-bond acceptors (Lipinski definition) is 12. The first kappa shape index (κ1) is 22.7. The summed E-state index contributed by atoms with van der Waals surface area (Å²) < 4.78 is 51.1. The number of aromatic nitrogens is 2. The molecule has 0 aliphatic carbocycles. The number of rotatable bonds is 8. The maximum atomic E-state index is 11.7. The fourth-order valence-electron chi connectivity index (χ4n) is 1.78. The molecule has 0 saturated carbocycles. The first-order valence-electron chi connectivity index (χ1n) is 6.65. The van der Waals surface area contributed by atoms with Crippen LogP contribution in [0.5, 0.6) is 0 Å². The molecular formula is C8H13N3O12P3S-. The van der Waals surface area contributed by atoms with E-state index in [2.05, 4.69) is 18.1 Å². The van der Waals surface area contributed by atoms with Gasteiger partial charge in [-0.2, -0.15) is 9.29 Å². The summed E-state index contributed by atoms with van der Waals surface area (Å²) in [5, 5.41) is -0.550. The SMILES string of the molecule is Nc1ccn([C@H]2CO[C@@H](COP(=O)(O)OP(=O)(O)OP(=O)([O-])O)S2)c(=O)n1. The number of hydrogen-bond donors (Lipinski definition) is 4. The summed E-state index contributed by atoms with van der Waals surface area (Å²) in [6.45, 7) is -0.632. The molecule has 0 bridgehead atoms. The van der Waals surface area contributed by atoms with Crippen LogP contribution in [0.25, 0.3) is 0 Å². The van der Waals surface area contributed by atoms with Gasteiger partial charge in [0.1, 0.15) is 16.6 Å². The van der Waals surface area contributed by atoms with E-state index in [-0.39, 0.29) is 12.4 Å². The lowest BCUT2D eigenvalue weighted by molar-refractivity contribution is -0.212. The van der Waals surface area contributed by atoms with Gasteiger partial charge in [0.2, 0.25) is 0 Å². The first-order valence-corrected chi connectivity index (χ1v) is 12.1. The Kier molecular flexibility index (Phi) is 7.07. The molecule has 27 heavy (non-hydrogen) atoms. The highest BCUT2D eigenvalue weighted by molar-refractivity contribution is 8.00. The van der Waals surface area contributed by atoms with Gasteiger partial charge in [0.05, 0.1) is 13.2 Å². The van der Waals surface area contributed by atoms with Gasteiger partial charge in [-0.25, -0.2) is 18.2 Å². The summed E-state index contributed by atoms with van der Waals surface area (Å²) in [5.74, 6) is 0.0274. The number of phosphoric acid groups is 3. The summed E-state index contributed by atoms with van der Waals surface area (Å²) in [4.78, 5) is 52.3. The van der Waals surface area contributed by atoms with Crippen LogP contribution in [0.2, 0.25) is 0 Å². The average Bonchev–Trinajstić information content (AvgIpc) is 2.90. The maximum Gasteiger partial charge on any atom is 0.487 e. The van der Waals surface area contributed by atoms with Crippen LogP contribution >= 0.6 is 35.2 Å². The van der Waals surface area contributed by atoms with Crippen molar-refractivity contribution in [2.24, 2.45) is 0 Å². The number of phosphoric ester groups is 1. The van der Waals surface area contributed by atoms with Crippen molar-refractivity contribution in [3.8, 4) is 0 Å². The quantitative estimate of drug-likeness (QED) is 0.339. The third kappa shape index (κ3) is 7.38. The molecule has 1 saturated heterocycles. The predicted molar refractivity (Wildman–Crippen MR) is 86.9 cm³/mol. The molecule has 15 nitrogen and oxygen atoms in total. The minimum Gasteiger partial charge on any atom is -0.756 e. The second-order valence-electron chi connectivity index (χ2n) is 4.76. The molecule has 1 aliphatic heterocycles. The summed E-state index contributed by atoms with van der Waals surface area (Å²) >= 11 is 1.00. The predicted octanol–water partition coefficient (Wildman–Crippen LogP) is -0.875. The van der Waals surface area contributed by atoms with Gasteiger partial charge in [-0.05, 0) is 6.07 Å². The standard InChI is InChI=1S/C8H14N3O12P3S/c9-5-1-2-11(8(12)10-5)6-3-20-7(27-6)4-21-25(16,17)23-26(18,19)22-24(13,14)15/h1-2,6-7H,3-4H2,(H,16,17)(H,18,19)(H2,9,10,12)(H2,13,14,15)/p-1/t6-,7-/m1/s1. The molecule has 19 heteroatoms. The molecule has 154 valence electrons. The molecule has 1 aliphatic rings. The Morgan fingerprint density at radius 1 is 1.33 bits per heavy atom. The lowest BCUT2D eigenvalue weighted by Gasteiger charge is -2.21. The number of thioether (sulfide) groups is 1. The number of anilines is 1. The fourth-order valence-corrected chi connectivity index (χ4v) is 5.97. The van der Waals surface area contributed by atoms with Gasteiger partial charge in [0, 0.05) is 6.20 Å². The molecule has 2 heterocycles. The summed E-state index contributed by atoms with van der Waals surface area (Å²) in [6.07, 6.45) is 1.38. The molecule has 0 spiro atoms. The van der Waals surface area contributed by atoms with E-state index in [9.17, 15) is 28.3 Å². The molecule has 0 amide bonds. The number of ether oxygens (including phenoxy) is 1. The van der Waals surface area contributed by atoms with E-state index in [1.54, 1.807) is 0 Å². The highest BCUT2D eigenvalue weighted by atomic mass is 32.2. The highest BCUT2D eigenvalue weighted by Crippen LogP contribution is 2.65. The van der Waals surface area contributed by atoms with Gasteiger partial charge >= 0.3 is 21.3 Å². The first-order chi connectivity index (χ1) is 12.3. The van der Waals surface area contributed by atoms with Crippen LogP contribution in [0.15, 0.2) is 17.1 Å². The Balaban J connectivity index is 1.91. The van der Waals surface area contributed by atoms with E-state index in [1.807, 2.05) is 0 Å². The smallest absolute Gasteiger partial charge is 0.487 e. The van der Waals surface area contributed by atoms with Crippen LogP contribution in [0.1, 0.15) is 5.37 Å². The largest absolute Gasteiger partial charge is 0.756 e. The monoisotopic (exact) mass is 468 g/mol. The van der Waals surface area contributed by atoms with Crippen LogP contribution in [0.4, 0.5) is 5.82 Å². The zero-order valence-corrected chi connectivity index (χ0v) is 16.5. The van der Waals surface area contributed by atoms with Crippen molar-refractivity contribution in [2.45, 2.75) is 10.8 Å². The van der Waals surface area contributed by atoms with Gasteiger partial charge in [0.25, 0.3) is 7.82 Å². The molecule has 1 fully saturated rings. The van der Waals surface area contributed by atoms with Crippen LogP contribution in [0.3, 0.4) is 0 Å². The number of nitrogens with zero attached hydrogens (tertiary/aromatic N) is 2. The Labute approximate surface area is 154 Å². The average molecular weight is 468 g/mol. The fraction of sp³-hybridized carbons (Fsp3) is 0.500. The van der Waals surface area contributed by atoms with Gasteiger partial charge in [-0.15, -0.1) is 11.8 Å².